The molecule has 0 radical (unpaired) electrons. The topological polar surface area (TPSA) is 64.7 Å². The summed E-state index contributed by atoms with van der Waals surface area (Å²) in [6.07, 6.45) is 12.1. The lowest BCUT2D eigenvalue weighted by molar-refractivity contribution is 0.449. The Labute approximate surface area is 195 Å². The van der Waals surface area contributed by atoms with E-state index < -0.39 is 0 Å². The van der Waals surface area contributed by atoms with Crippen molar-refractivity contribution in [2.45, 2.75) is 51.2 Å². The maximum atomic E-state index is 13.2. The van der Waals surface area contributed by atoms with Crippen molar-refractivity contribution in [3.8, 4) is 0 Å². The lowest BCUT2D eigenvalue weighted by Crippen LogP contribution is -2.35. The van der Waals surface area contributed by atoms with Gasteiger partial charge < -0.3 is 9.88 Å². The fourth-order valence-electron chi connectivity index (χ4n) is 4.46. The molecule has 0 saturated heterocycles. The van der Waals surface area contributed by atoms with Gasteiger partial charge in [0, 0.05) is 41.4 Å². The summed E-state index contributed by atoms with van der Waals surface area (Å²) in [6.45, 7) is 2.54. The van der Waals surface area contributed by atoms with E-state index in [1.54, 1.807) is 22.2 Å². The molecule has 1 aliphatic rings. The van der Waals surface area contributed by atoms with Gasteiger partial charge in [0.1, 0.15) is 4.83 Å². The van der Waals surface area contributed by atoms with Crippen LogP contribution in [0.3, 0.4) is 0 Å². The van der Waals surface area contributed by atoms with E-state index in [-0.39, 0.29) is 5.56 Å². The zero-order valence-electron chi connectivity index (χ0n) is 17.8. The number of benzene rings is 1. The number of aryl methyl sites for hydroxylation is 4. The second-order valence-electron chi connectivity index (χ2n) is 8.32. The largest absolute Gasteiger partial charge is 0.337 e. The molecule has 6 nitrogen and oxygen atoms in total. The lowest BCUT2D eigenvalue weighted by Gasteiger charge is -2.23. The number of nitrogens with zero attached hydrogens (tertiary/aromatic N) is 4. The summed E-state index contributed by atoms with van der Waals surface area (Å²) in [6, 6.07) is 8.25. The van der Waals surface area contributed by atoms with E-state index >= 15 is 0 Å². The maximum Gasteiger partial charge on any atom is 0.262 e. The molecule has 1 aliphatic carbocycles. The number of fused-ring (bicyclic) bond motifs is 3. The normalized spacial score (nSPS) is 15.8. The molecule has 1 aromatic carbocycles. The van der Waals surface area contributed by atoms with Gasteiger partial charge in [-0.25, -0.2) is 9.97 Å². The quantitative estimate of drug-likeness (QED) is 0.396. The Kier molecular flexibility index (Phi) is 6.39. The van der Waals surface area contributed by atoms with Crippen LogP contribution < -0.4 is 10.9 Å². The van der Waals surface area contributed by atoms with Gasteiger partial charge in [-0.3, -0.25) is 9.36 Å². The van der Waals surface area contributed by atoms with Gasteiger partial charge in [-0.15, -0.1) is 11.3 Å². The van der Waals surface area contributed by atoms with E-state index in [9.17, 15) is 4.79 Å². The average Bonchev–Trinajstić information content (AvgIpc) is 3.45. The van der Waals surface area contributed by atoms with Crippen molar-refractivity contribution in [3.05, 3.63) is 80.7 Å². The number of nitrogens with one attached hydrogen (secondary N) is 1. The summed E-state index contributed by atoms with van der Waals surface area (Å²) in [5.41, 5.74) is 2.34. The highest BCUT2D eigenvalue weighted by molar-refractivity contribution is 7.18. The number of halogens is 1. The van der Waals surface area contributed by atoms with Crippen LogP contribution in [-0.4, -0.2) is 31.7 Å². The summed E-state index contributed by atoms with van der Waals surface area (Å²) in [4.78, 5) is 24.1. The molecule has 0 saturated carbocycles. The van der Waals surface area contributed by atoms with Gasteiger partial charge >= 0.3 is 0 Å². The molecular weight excluding hydrogens is 442 g/mol. The third-order valence-electron chi connectivity index (χ3n) is 6.20. The van der Waals surface area contributed by atoms with E-state index in [2.05, 4.69) is 19.9 Å². The van der Waals surface area contributed by atoms with Crippen molar-refractivity contribution in [2.24, 2.45) is 0 Å². The lowest BCUT2D eigenvalue weighted by atomic mass is 9.93. The predicted octanol–water partition coefficient (Wildman–Crippen LogP) is 4.09. The Balaban J connectivity index is 1.25. The monoisotopic (exact) mass is 467 g/mol. The fourth-order valence-corrected chi connectivity index (χ4v) is 5.95. The second-order valence-corrected chi connectivity index (χ2v) is 9.81. The molecule has 0 spiro atoms. The minimum atomic E-state index is 0.0753. The highest BCUT2D eigenvalue weighted by Gasteiger charge is 2.25. The molecule has 5 rings (SSSR count). The van der Waals surface area contributed by atoms with Gasteiger partial charge in [-0.05, 0) is 55.8 Å². The zero-order chi connectivity index (χ0) is 21.9. The number of rotatable bonds is 8. The van der Waals surface area contributed by atoms with Gasteiger partial charge in [0.15, 0.2) is 0 Å². The molecular formula is C24H26ClN5OS. The first-order chi connectivity index (χ1) is 15.7. The van der Waals surface area contributed by atoms with Crippen LogP contribution in [0.1, 0.15) is 28.8 Å². The SMILES string of the molecule is O=c1c2c3c(sc2ncn1CCc1ccccc1Cl)CC(NCCCn1ccnc1)CC3. The van der Waals surface area contributed by atoms with Crippen molar-refractivity contribution in [2.75, 3.05) is 6.54 Å². The van der Waals surface area contributed by atoms with Crippen molar-refractivity contribution in [1.29, 1.82) is 0 Å². The third-order valence-corrected chi connectivity index (χ3v) is 7.73. The summed E-state index contributed by atoms with van der Waals surface area (Å²) in [7, 11) is 0. The Morgan fingerprint density at radius 1 is 1.22 bits per heavy atom. The van der Waals surface area contributed by atoms with Crippen LogP contribution in [0.2, 0.25) is 5.02 Å². The highest BCUT2D eigenvalue weighted by Crippen LogP contribution is 2.33. The molecule has 1 atom stereocenters. The van der Waals surface area contributed by atoms with Crippen LogP contribution in [-0.2, 0) is 32.4 Å². The third kappa shape index (κ3) is 4.51. The molecule has 0 amide bonds. The van der Waals surface area contributed by atoms with Crippen molar-refractivity contribution >= 4 is 33.2 Å². The van der Waals surface area contributed by atoms with E-state index in [0.29, 0.717) is 19.0 Å². The minimum absolute atomic E-state index is 0.0753. The predicted molar refractivity (Wildman–Crippen MR) is 130 cm³/mol. The first-order valence-corrected chi connectivity index (χ1v) is 12.3. The summed E-state index contributed by atoms with van der Waals surface area (Å²) >= 11 is 7.96. The van der Waals surface area contributed by atoms with Crippen LogP contribution >= 0.6 is 22.9 Å². The van der Waals surface area contributed by atoms with Crippen molar-refractivity contribution in [1.82, 2.24) is 24.4 Å². The Morgan fingerprint density at radius 2 is 2.12 bits per heavy atom. The number of imidazole rings is 1. The molecule has 1 N–H and O–H groups in total. The number of thiophene rings is 1. The molecule has 0 fully saturated rings. The molecule has 8 heteroatoms. The van der Waals surface area contributed by atoms with E-state index in [1.165, 1.54) is 10.4 Å². The van der Waals surface area contributed by atoms with Gasteiger partial charge in [0.25, 0.3) is 5.56 Å². The summed E-state index contributed by atoms with van der Waals surface area (Å²) in [5.74, 6) is 0. The first kappa shape index (κ1) is 21.4. The molecule has 3 aromatic heterocycles. The van der Waals surface area contributed by atoms with Gasteiger partial charge in [-0.1, -0.05) is 29.8 Å². The van der Waals surface area contributed by atoms with Gasteiger partial charge in [0.05, 0.1) is 18.0 Å². The van der Waals surface area contributed by atoms with Crippen LogP contribution in [0.4, 0.5) is 0 Å². The summed E-state index contributed by atoms with van der Waals surface area (Å²) in [5, 5.41) is 5.26. The minimum Gasteiger partial charge on any atom is -0.337 e. The standard InChI is InChI=1S/C24H26ClN5OS/c25-20-5-2-1-4-17(20)8-12-30-16-28-23-22(24(30)31)19-7-6-18(14-21(19)32-23)27-9-3-11-29-13-10-26-15-29/h1-2,4-5,10,13,15-16,18,27H,3,6-9,11-12,14H2. The van der Waals surface area contributed by atoms with Crippen LogP contribution in [0, 0.1) is 0 Å². The zero-order valence-corrected chi connectivity index (χ0v) is 19.4. The number of hydrogen-bond donors (Lipinski definition) is 1. The Hall–Kier alpha value is -2.48. The van der Waals surface area contributed by atoms with Crippen LogP contribution in [0.25, 0.3) is 10.2 Å². The molecule has 3 heterocycles. The summed E-state index contributed by atoms with van der Waals surface area (Å²) < 4.78 is 3.84. The molecule has 4 aromatic rings. The van der Waals surface area contributed by atoms with Gasteiger partial charge in [-0.2, -0.15) is 0 Å². The molecule has 0 bridgehead atoms. The number of hydrogen-bond acceptors (Lipinski definition) is 5. The van der Waals surface area contributed by atoms with Gasteiger partial charge in [0.2, 0.25) is 0 Å². The van der Waals surface area contributed by atoms with Crippen molar-refractivity contribution in [3.63, 3.8) is 0 Å². The highest BCUT2D eigenvalue weighted by atomic mass is 35.5. The first-order valence-electron chi connectivity index (χ1n) is 11.1. The van der Waals surface area contributed by atoms with E-state index in [0.717, 1.165) is 59.6 Å². The maximum absolute atomic E-state index is 13.2. The number of aromatic nitrogens is 4. The van der Waals surface area contributed by atoms with E-state index in [4.69, 9.17) is 11.6 Å². The second kappa shape index (κ2) is 9.57. The fraction of sp³-hybridized carbons (Fsp3) is 0.375. The average molecular weight is 468 g/mol. The molecule has 0 aliphatic heterocycles. The van der Waals surface area contributed by atoms with E-state index in [1.807, 2.05) is 43.0 Å². The smallest absolute Gasteiger partial charge is 0.262 e. The molecule has 1 unspecified atom stereocenters. The van der Waals surface area contributed by atoms with Crippen LogP contribution in [0.15, 0.2) is 54.1 Å². The Bertz CT molecular complexity index is 1260. The molecule has 32 heavy (non-hydrogen) atoms. The Morgan fingerprint density at radius 3 is 2.97 bits per heavy atom. The van der Waals surface area contributed by atoms with Crippen LogP contribution in [0.5, 0.6) is 0 Å². The molecule has 166 valence electrons. The van der Waals surface area contributed by atoms with Crippen molar-refractivity contribution < 1.29 is 0 Å².